The predicted octanol–water partition coefficient (Wildman–Crippen LogP) is 2.48. The van der Waals surface area contributed by atoms with Crippen molar-refractivity contribution >= 4 is 17.6 Å². The number of phenolic OH excluding ortho intramolecular Hbond substituents is 2. The van der Waals surface area contributed by atoms with Gasteiger partial charge in [0, 0.05) is 30.8 Å². The second kappa shape index (κ2) is 5.91. The minimum absolute atomic E-state index is 0.00677. The van der Waals surface area contributed by atoms with Gasteiger partial charge in [0.25, 0.3) is 5.69 Å². The van der Waals surface area contributed by atoms with Crippen LogP contribution in [0.1, 0.15) is 5.56 Å². The lowest BCUT2D eigenvalue weighted by molar-refractivity contribution is -0.384. The van der Waals surface area contributed by atoms with Crippen LogP contribution >= 0.6 is 0 Å². The van der Waals surface area contributed by atoms with Crippen LogP contribution in [-0.2, 0) is 0 Å². The summed E-state index contributed by atoms with van der Waals surface area (Å²) in [5.74, 6) is -0.121. The van der Waals surface area contributed by atoms with E-state index in [9.17, 15) is 20.3 Å². The van der Waals surface area contributed by atoms with Crippen molar-refractivity contribution in [2.24, 2.45) is 5.10 Å². The number of benzene rings is 2. The first kappa shape index (κ1) is 14.3. The number of nitro benzene ring substituents is 1. The lowest BCUT2D eigenvalue weighted by Gasteiger charge is -2.12. The van der Waals surface area contributed by atoms with Crippen LogP contribution in [0.2, 0.25) is 0 Å². The summed E-state index contributed by atoms with van der Waals surface area (Å²) in [6, 6.07) is 10.1. The average molecular weight is 287 g/mol. The third-order valence-corrected chi connectivity index (χ3v) is 2.82. The molecule has 2 N–H and O–H groups in total. The molecule has 0 aliphatic rings. The van der Waals surface area contributed by atoms with Gasteiger partial charge in [-0.25, -0.2) is 0 Å². The Hall–Kier alpha value is -3.09. The van der Waals surface area contributed by atoms with Crippen LogP contribution < -0.4 is 5.01 Å². The van der Waals surface area contributed by atoms with Crippen molar-refractivity contribution in [3.05, 3.63) is 58.1 Å². The molecule has 0 atom stereocenters. The van der Waals surface area contributed by atoms with Gasteiger partial charge < -0.3 is 10.2 Å². The van der Waals surface area contributed by atoms with Crippen LogP contribution in [0, 0.1) is 10.1 Å². The van der Waals surface area contributed by atoms with E-state index < -0.39 is 4.92 Å². The first-order valence-corrected chi connectivity index (χ1v) is 6.01. The number of phenols is 2. The molecule has 0 aliphatic carbocycles. The molecule has 0 heterocycles. The number of rotatable bonds is 4. The van der Waals surface area contributed by atoms with Crippen LogP contribution in [0.15, 0.2) is 47.6 Å². The molecule has 7 heteroatoms. The molecule has 0 aromatic heterocycles. The normalized spacial score (nSPS) is 10.7. The number of aromatic hydroxyl groups is 2. The molecule has 7 nitrogen and oxygen atoms in total. The van der Waals surface area contributed by atoms with Gasteiger partial charge in [-0.05, 0) is 24.3 Å². The number of hydrazone groups is 1. The summed E-state index contributed by atoms with van der Waals surface area (Å²) in [5, 5.41) is 35.0. The standard InChI is InChI=1S/C14H13N3O4/c1-16(11-3-5-12(6-4-11)17(20)21)15-9-10-2-7-13(18)8-14(10)19/h2-9,18-19H,1H3. The maximum Gasteiger partial charge on any atom is 0.269 e. The summed E-state index contributed by atoms with van der Waals surface area (Å²) in [6.45, 7) is 0. The van der Waals surface area contributed by atoms with Gasteiger partial charge in [0.05, 0.1) is 16.8 Å². The molecule has 0 radical (unpaired) electrons. The molecule has 0 bridgehead atoms. The smallest absolute Gasteiger partial charge is 0.269 e. The van der Waals surface area contributed by atoms with Gasteiger partial charge in [-0.15, -0.1) is 0 Å². The van der Waals surface area contributed by atoms with Gasteiger partial charge in [-0.1, -0.05) is 0 Å². The average Bonchev–Trinajstić information content (AvgIpc) is 2.46. The van der Waals surface area contributed by atoms with E-state index in [1.54, 1.807) is 19.2 Å². The lowest BCUT2D eigenvalue weighted by atomic mass is 10.2. The van der Waals surface area contributed by atoms with Crippen molar-refractivity contribution in [3.63, 3.8) is 0 Å². The third kappa shape index (κ3) is 3.47. The summed E-state index contributed by atoms with van der Waals surface area (Å²) in [6.07, 6.45) is 1.43. The Balaban J connectivity index is 2.14. The number of hydrogen-bond acceptors (Lipinski definition) is 6. The van der Waals surface area contributed by atoms with Crippen molar-refractivity contribution < 1.29 is 15.1 Å². The van der Waals surface area contributed by atoms with E-state index in [4.69, 9.17) is 0 Å². The van der Waals surface area contributed by atoms with Gasteiger partial charge in [-0.2, -0.15) is 5.10 Å². The monoisotopic (exact) mass is 287 g/mol. The summed E-state index contributed by atoms with van der Waals surface area (Å²) in [7, 11) is 1.68. The highest BCUT2D eigenvalue weighted by Crippen LogP contribution is 2.22. The zero-order valence-electron chi connectivity index (χ0n) is 11.2. The molecule has 0 spiro atoms. The van der Waals surface area contributed by atoms with Crippen LogP contribution in [-0.4, -0.2) is 28.4 Å². The van der Waals surface area contributed by atoms with Crippen LogP contribution in [0.5, 0.6) is 11.5 Å². The summed E-state index contributed by atoms with van der Waals surface area (Å²) in [5.41, 5.74) is 1.11. The SMILES string of the molecule is CN(N=Cc1ccc(O)cc1O)c1ccc([N+](=O)[O-])cc1. The fourth-order valence-electron chi connectivity index (χ4n) is 1.65. The van der Waals surface area contributed by atoms with Gasteiger partial charge in [0.2, 0.25) is 0 Å². The molecule has 0 amide bonds. The zero-order chi connectivity index (χ0) is 15.4. The van der Waals surface area contributed by atoms with Gasteiger partial charge >= 0.3 is 0 Å². The molecule has 2 rings (SSSR count). The van der Waals surface area contributed by atoms with E-state index >= 15 is 0 Å². The zero-order valence-corrected chi connectivity index (χ0v) is 11.2. The number of non-ortho nitro benzene ring substituents is 1. The number of hydrogen-bond donors (Lipinski definition) is 2. The van der Waals surface area contributed by atoms with E-state index in [2.05, 4.69) is 5.10 Å². The second-order valence-corrected chi connectivity index (χ2v) is 4.28. The fourth-order valence-corrected chi connectivity index (χ4v) is 1.65. The van der Waals surface area contributed by atoms with Gasteiger partial charge in [0.15, 0.2) is 0 Å². The Morgan fingerprint density at radius 1 is 1.19 bits per heavy atom. The topological polar surface area (TPSA) is 99.2 Å². The second-order valence-electron chi connectivity index (χ2n) is 4.28. The van der Waals surface area contributed by atoms with E-state index in [1.165, 1.54) is 41.6 Å². The summed E-state index contributed by atoms with van der Waals surface area (Å²) >= 11 is 0. The van der Waals surface area contributed by atoms with Crippen LogP contribution in [0.4, 0.5) is 11.4 Å². The van der Waals surface area contributed by atoms with Gasteiger partial charge in [0.1, 0.15) is 11.5 Å². The largest absolute Gasteiger partial charge is 0.508 e. The number of nitrogens with zero attached hydrogens (tertiary/aromatic N) is 3. The molecule has 0 fully saturated rings. The van der Waals surface area contributed by atoms with Crippen molar-refractivity contribution in [2.45, 2.75) is 0 Å². The van der Waals surface area contributed by atoms with Gasteiger partial charge in [-0.3, -0.25) is 15.1 Å². The van der Waals surface area contributed by atoms with Crippen molar-refractivity contribution in [2.75, 3.05) is 12.1 Å². The van der Waals surface area contributed by atoms with E-state index in [0.29, 0.717) is 11.3 Å². The minimum atomic E-state index is -0.471. The third-order valence-electron chi connectivity index (χ3n) is 2.82. The predicted molar refractivity (Wildman–Crippen MR) is 78.9 cm³/mol. The Morgan fingerprint density at radius 2 is 1.86 bits per heavy atom. The van der Waals surface area contributed by atoms with E-state index in [0.717, 1.165) is 0 Å². The quantitative estimate of drug-likeness (QED) is 0.511. The molecule has 0 saturated carbocycles. The van der Waals surface area contributed by atoms with E-state index in [1.807, 2.05) is 0 Å². The molecule has 0 aliphatic heterocycles. The number of nitro groups is 1. The maximum absolute atomic E-state index is 10.6. The Labute approximate surface area is 120 Å². The minimum Gasteiger partial charge on any atom is -0.508 e. The Kier molecular flexibility index (Phi) is 4.03. The highest BCUT2D eigenvalue weighted by Gasteiger charge is 2.06. The van der Waals surface area contributed by atoms with Crippen molar-refractivity contribution in [1.29, 1.82) is 0 Å². The molecule has 108 valence electrons. The molecule has 2 aromatic carbocycles. The fraction of sp³-hybridized carbons (Fsp3) is 0.0714. The molecule has 21 heavy (non-hydrogen) atoms. The first-order chi connectivity index (χ1) is 9.97. The maximum atomic E-state index is 10.6. The molecule has 2 aromatic rings. The highest BCUT2D eigenvalue weighted by atomic mass is 16.6. The number of anilines is 1. The highest BCUT2D eigenvalue weighted by molar-refractivity contribution is 5.84. The Morgan fingerprint density at radius 3 is 2.43 bits per heavy atom. The van der Waals surface area contributed by atoms with Crippen LogP contribution in [0.3, 0.4) is 0 Å². The summed E-state index contributed by atoms with van der Waals surface area (Å²) in [4.78, 5) is 10.1. The molecule has 0 saturated heterocycles. The lowest BCUT2D eigenvalue weighted by Crippen LogP contribution is -2.08. The first-order valence-electron chi connectivity index (χ1n) is 6.01. The Bertz CT molecular complexity index is 683. The molecule has 0 unspecified atom stereocenters. The summed E-state index contributed by atoms with van der Waals surface area (Å²) < 4.78 is 0. The van der Waals surface area contributed by atoms with Crippen molar-refractivity contribution in [1.82, 2.24) is 0 Å². The van der Waals surface area contributed by atoms with Crippen molar-refractivity contribution in [3.8, 4) is 11.5 Å². The van der Waals surface area contributed by atoms with Crippen LogP contribution in [0.25, 0.3) is 0 Å². The molecular formula is C14H13N3O4. The molecular weight excluding hydrogens is 274 g/mol. The van der Waals surface area contributed by atoms with E-state index in [-0.39, 0.29) is 17.2 Å².